The molecule has 0 unspecified atom stereocenters. The third-order valence-corrected chi connectivity index (χ3v) is 3.25. The van der Waals surface area contributed by atoms with E-state index < -0.39 is 0 Å². The number of nitriles is 1. The van der Waals surface area contributed by atoms with Gasteiger partial charge in [0.05, 0.1) is 16.1 Å². The van der Waals surface area contributed by atoms with Gasteiger partial charge < -0.3 is 14.2 Å². The number of halogens is 1. The summed E-state index contributed by atoms with van der Waals surface area (Å²) >= 11 is 3.38. The number of fused-ring (bicyclic) bond motifs is 1. The molecule has 0 amide bonds. The molecule has 0 aliphatic carbocycles. The molecule has 0 atom stereocenters. The normalized spacial score (nSPS) is 12.0. The van der Waals surface area contributed by atoms with Gasteiger partial charge in [0.25, 0.3) is 0 Å². The second-order valence-electron chi connectivity index (χ2n) is 3.87. The van der Waals surface area contributed by atoms with Crippen LogP contribution < -0.4 is 14.2 Å². The summed E-state index contributed by atoms with van der Waals surface area (Å²) in [5, 5.41) is 8.81. The second kappa shape index (κ2) is 4.82. The Bertz CT molecular complexity index is 679. The van der Waals surface area contributed by atoms with Crippen molar-refractivity contribution in [3.05, 3.63) is 46.4 Å². The van der Waals surface area contributed by atoms with Crippen molar-refractivity contribution in [2.24, 2.45) is 0 Å². The molecular weight excluding hydrogens is 310 g/mol. The van der Waals surface area contributed by atoms with Gasteiger partial charge in [0.1, 0.15) is 11.5 Å². The van der Waals surface area contributed by atoms with Crippen LogP contribution in [0, 0.1) is 11.3 Å². The highest BCUT2D eigenvalue weighted by atomic mass is 79.9. The van der Waals surface area contributed by atoms with Crippen molar-refractivity contribution in [3.63, 3.8) is 0 Å². The Hall–Kier alpha value is -2.19. The molecule has 4 nitrogen and oxygen atoms in total. The van der Waals surface area contributed by atoms with Crippen molar-refractivity contribution in [1.29, 1.82) is 5.26 Å². The Balaban J connectivity index is 1.87. The van der Waals surface area contributed by atoms with Crippen molar-refractivity contribution in [1.82, 2.24) is 0 Å². The number of hydrogen-bond acceptors (Lipinski definition) is 4. The lowest BCUT2D eigenvalue weighted by Crippen LogP contribution is -1.92. The Morgan fingerprint density at radius 3 is 2.74 bits per heavy atom. The molecule has 1 aliphatic rings. The average molecular weight is 318 g/mol. The lowest BCUT2D eigenvalue weighted by Gasteiger charge is -2.08. The van der Waals surface area contributed by atoms with Crippen molar-refractivity contribution >= 4 is 15.9 Å². The maximum absolute atomic E-state index is 8.81. The average Bonchev–Trinajstić information content (AvgIpc) is 2.88. The van der Waals surface area contributed by atoms with Gasteiger partial charge in [-0.25, -0.2) is 0 Å². The number of rotatable bonds is 2. The first-order chi connectivity index (χ1) is 9.26. The van der Waals surface area contributed by atoms with Crippen LogP contribution in [0.15, 0.2) is 40.9 Å². The molecule has 0 aromatic heterocycles. The molecule has 5 heteroatoms. The van der Waals surface area contributed by atoms with E-state index in [4.69, 9.17) is 19.5 Å². The van der Waals surface area contributed by atoms with Crippen LogP contribution in [0.3, 0.4) is 0 Å². The lowest BCUT2D eigenvalue weighted by molar-refractivity contribution is 0.174. The Labute approximate surface area is 118 Å². The van der Waals surface area contributed by atoms with E-state index in [2.05, 4.69) is 22.0 Å². The molecule has 0 bridgehead atoms. The van der Waals surface area contributed by atoms with Gasteiger partial charge in [-0.1, -0.05) is 0 Å². The van der Waals surface area contributed by atoms with Gasteiger partial charge >= 0.3 is 0 Å². The summed E-state index contributed by atoms with van der Waals surface area (Å²) in [6.07, 6.45) is 0. The molecule has 19 heavy (non-hydrogen) atoms. The first-order valence-electron chi connectivity index (χ1n) is 5.53. The van der Waals surface area contributed by atoms with E-state index in [1.807, 2.05) is 0 Å². The molecule has 1 aliphatic heterocycles. The monoisotopic (exact) mass is 317 g/mol. The van der Waals surface area contributed by atoms with E-state index in [0.717, 1.165) is 4.47 Å². The van der Waals surface area contributed by atoms with Crippen molar-refractivity contribution < 1.29 is 14.2 Å². The van der Waals surface area contributed by atoms with Gasteiger partial charge in [0, 0.05) is 6.07 Å². The van der Waals surface area contributed by atoms with E-state index in [1.165, 1.54) is 0 Å². The summed E-state index contributed by atoms with van der Waals surface area (Å²) < 4.78 is 17.0. The summed E-state index contributed by atoms with van der Waals surface area (Å²) in [4.78, 5) is 0. The molecule has 0 radical (unpaired) electrons. The molecule has 2 aromatic carbocycles. The van der Waals surface area contributed by atoms with E-state index >= 15 is 0 Å². The minimum absolute atomic E-state index is 0.235. The van der Waals surface area contributed by atoms with Crippen molar-refractivity contribution in [2.45, 2.75) is 0 Å². The fourth-order valence-electron chi connectivity index (χ4n) is 1.72. The minimum atomic E-state index is 0.235. The topological polar surface area (TPSA) is 51.5 Å². The quantitative estimate of drug-likeness (QED) is 0.844. The first-order valence-corrected chi connectivity index (χ1v) is 6.33. The van der Waals surface area contributed by atoms with Crippen LogP contribution in [0.2, 0.25) is 0 Å². The van der Waals surface area contributed by atoms with Crippen LogP contribution in [0.4, 0.5) is 0 Å². The van der Waals surface area contributed by atoms with Crippen LogP contribution in [0.1, 0.15) is 5.56 Å². The van der Waals surface area contributed by atoms with Crippen LogP contribution >= 0.6 is 15.9 Å². The van der Waals surface area contributed by atoms with E-state index in [9.17, 15) is 0 Å². The molecule has 0 saturated heterocycles. The summed E-state index contributed by atoms with van der Waals surface area (Å²) in [5.41, 5.74) is 0.574. The molecule has 0 fully saturated rings. The molecule has 2 aromatic rings. The van der Waals surface area contributed by atoms with Gasteiger partial charge in [-0.15, -0.1) is 0 Å². The molecule has 0 N–H and O–H groups in total. The fourth-order valence-corrected chi connectivity index (χ4v) is 2.18. The highest BCUT2D eigenvalue weighted by Crippen LogP contribution is 2.38. The van der Waals surface area contributed by atoms with E-state index in [0.29, 0.717) is 28.6 Å². The number of nitrogens with zero attached hydrogens (tertiary/aromatic N) is 1. The van der Waals surface area contributed by atoms with Gasteiger partial charge in [-0.3, -0.25) is 0 Å². The number of benzene rings is 2. The predicted molar refractivity (Wildman–Crippen MR) is 71.5 cm³/mol. The highest BCUT2D eigenvalue weighted by Gasteiger charge is 2.14. The minimum Gasteiger partial charge on any atom is -0.456 e. The maximum atomic E-state index is 8.81. The molecule has 0 spiro atoms. The Morgan fingerprint density at radius 2 is 1.95 bits per heavy atom. The third-order valence-electron chi connectivity index (χ3n) is 2.63. The molecular formula is C14H8BrNO3. The van der Waals surface area contributed by atoms with Crippen LogP contribution in [0.5, 0.6) is 23.0 Å². The van der Waals surface area contributed by atoms with Crippen LogP contribution in [0.25, 0.3) is 0 Å². The third kappa shape index (κ3) is 2.35. The summed E-state index contributed by atoms with van der Waals surface area (Å²) in [6, 6.07) is 12.6. The lowest BCUT2D eigenvalue weighted by atomic mass is 10.2. The smallest absolute Gasteiger partial charge is 0.231 e. The van der Waals surface area contributed by atoms with E-state index in [-0.39, 0.29) is 6.79 Å². The van der Waals surface area contributed by atoms with Gasteiger partial charge in [-0.05, 0) is 46.3 Å². The Kier molecular flexibility index (Phi) is 3.02. The molecule has 0 saturated carbocycles. The van der Waals surface area contributed by atoms with Crippen molar-refractivity contribution in [3.8, 4) is 29.1 Å². The van der Waals surface area contributed by atoms with Crippen LogP contribution in [-0.2, 0) is 0 Å². The summed E-state index contributed by atoms with van der Waals surface area (Å²) in [7, 11) is 0. The Morgan fingerprint density at radius 1 is 1.11 bits per heavy atom. The molecule has 3 rings (SSSR count). The predicted octanol–water partition coefficient (Wildman–Crippen LogP) is 3.84. The van der Waals surface area contributed by atoms with Gasteiger partial charge in [0.15, 0.2) is 11.5 Å². The second-order valence-corrected chi connectivity index (χ2v) is 4.73. The van der Waals surface area contributed by atoms with Crippen LogP contribution in [-0.4, -0.2) is 6.79 Å². The van der Waals surface area contributed by atoms with E-state index in [1.54, 1.807) is 36.4 Å². The molecule has 94 valence electrons. The fraction of sp³-hybridized carbons (Fsp3) is 0.0714. The highest BCUT2D eigenvalue weighted by molar-refractivity contribution is 9.10. The largest absolute Gasteiger partial charge is 0.456 e. The zero-order chi connectivity index (χ0) is 13.2. The number of hydrogen-bond donors (Lipinski definition) is 0. The van der Waals surface area contributed by atoms with Gasteiger partial charge in [-0.2, -0.15) is 5.26 Å². The number of ether oxygens (including phenoxy) is 3. The van der Waals surface area contributed by atoms with Crippen molar-refractivity contribution in [2.75, 3.05) is 6.79 Å². The summed E-state index contributed by atoms with van der Waals surface area (Å²) in [5.74, 6) is 2.67. The SMILES string of the molecule is N#Cc1ccc(Oc2ccc3c(c2)OCO3)c(Br)c1. The summed E-state index contributed by atoms with van der Waals surface area (Å²) in [6.45, 7) is 0.235. The zero-order valence-electron chi connectivity index (χ0n) is 9.72. The zero-order valence-corrected chi connectivity index (χ0v) is 11.3. The molecule has 1 heterocycles. The standard InChI is InChI=1S/C14H8BrNO3/c15-11-5-9(7-16)1-3-12(11)19-10-2-4-13-14(6-10)18-8-17-13/h1-6H,8H2. The first kappa shape index (κ1) is 11.9. The maximum Gasteiger partial charge on any atom is 0.231 e. The van der Waals surface area contributed by atoms with Gasteiger partial charge in [0.2, 0.25) is 6.79 Å².